The highest BCUT2D eigenvalue weighted by Crippen LogP contribution is 2.27. The van der Waals surface area contributed by atoms with Gasteiger partial charge in [-0.25, -0.2) is 0 Å². The van der Waals surface area contributed by atoms with Crippen LogP contribution in [-0.2, 0) is 0 Å². The molecule has 0 amide bonds. The molecule has 0 fully saturated rings. The minimum Gasteiger partial charge on any atom is -0.497 e. The lowest BCUT2D eigenvalue weighted by Gasteiger charge is -2.07. The van der Waals surface area contributed by atoms with Gasteiger partial charge in [-0.1, -0.05) is 18.2 Å². The third-order valence-corrected chi connectivity index (χ3v) is 4.13. The Morgan fingerprint density at radius 1 is 0.679 bits per heavy atom. The molecule has 3 aromatic rings. The minimum atomic E-state index is -0.408. The maximum absolute atomic E-state index is 12.4. The van der Waals surface area contributed by atoms with Gasteiger partial charge in [0.25, 0.3) is 11.1 Å². The normalized spacial score (nSPS) is 12.1. The van der Waals surface area contributed by atoms with Crippen LogP contribution in [0.1, 0.15) is 11.1 Å². The Morgan fingerprint density at radius 2 is 1.21 bits per heavy atom. The molecule has 7 heteroatoms. The van der Waals surface area contributed by atoms with E-state index in [2.05, 4.69) is 9.97 Å². The molecule has 0 radical (unpaired) electrons. The van der Waals surface area contributed by atoms with Gasteiger partial charge in [-0.15, -0.1) is 0 Å². The molecular weight excluding hydrogens is 360 g/mol. The van der Waals surface area contributed by atoms with Crippen LogP contribution < -0.4 is 36.0 Å². The second-order valence-electron chi connectivity index (χ2n) is 5.91. The number of ether oxygens (including phenoxy) is 3. The smallest absolute Gasteiger partial charge is 0.272 e. The quantitative estimate of drug-likeness (QED) is 0.681. The summed E-state index contributed by atoms with van der Waals surface area (Å²) in [7, 11) is 4.65. The Kier molecular flexibility index (Phi) is 5.64. The van der Waals surface area contributed by atoms with Crippen molar-refractivity contribution in [2.75, 3.05) is 21.3 Å². The molecule has 0 saturated heterocycles. The van der Waals surface area contributed by atoms with Gasteiger partial charge in [0.1, 0.15) is 16.4 Å². The van der Waals surface area contributed by atoms with Crippen molar-refractivity contribution >= 4 is 12.2 Å². The van der Waals surface area contributed by atoms with Crippen LogP contribution in [0.15, 0.2) is 52.1 Å². The molecule has 144 valence electrons. The lowest BCUT2D eigenvalue weighted by Crippen LogP contribution is -2.46. The number of aromatic nitrogens is 2. The lowest BCUT2D eigenvalue weighted by molar-refractivity contribution is 0.355. The van der Waals surface area contributed by atoms with E-state index in [1.807, 2.05) is 0 Å². The highest BCUT2D eigenvalue weighted by molar-refractivity contribution is 5.55. The summed E-state index contributed by atoms with van der Waals surface area (Å²) < 4.78 is 15.6. The number of nitrogens with one attached hydrogen (secondary N) is 2. The molecule has 0 unspecified atom stereocenters. The van der Waals surface area contributed by atoms with E-state index in [4.69, 9.17) is 14.2 Å². The van der Waals surface area contributed by atoms with Crippen molar-refractivity contribution in [3.05, 3.63) is 85.0 Å². The van der Waals surface area contributed by atoms with E-state index in [0.29, 0.717) is 22.8 Å². The molecular formula is C21H20N2O5. The number of benzene rings is 2. The monoisotopic (exact) mass is 380 g/mol. The van der Waals surface area contributed by atoms with Crippen LogP contribution in [0, 0.1) is 0 Å². The van der Waals surface area contributed by atoms with Crippen molar-refractivity contribution in [1.29, 1.82) is 0 Å². The summed E-state index contributed by atoms with van der Waals surface area (Å²) in [6, 6.07) is 12.3. The number of H-pyrrole nitrogens is 2. The zero-order valence-corrected chi connectivity index (χ0v) is 15.7. The molecule has 0 atom stereocenters. The molecule has 1 aromatic heterocycles. The summed E-state index contributed by atoms with van der Waals surface area (Å²) in [5, 5.41) is 0.309. The van der Waals surface area contributed by atoms with Crippen molar-refractivity contribution in [2.24, 2.45) is 0 Å². The standard InChI is InChI=1S/C21H20N2O5/c1-26-15-7-4-13(5-8-15)10-16-20(24)23-17(21(25)22-16)11-14-6-9-18(27-2)19(12-14)28-3/h4-12H,1-3H3,(H,22,25)(H,23,24)/b16-10-,17-11-. The molecule has 28 heavy (non-hydrogen) atoms. The minimum absolute atomic E-state index is 0.143. The summed E-state index contributed by atoms with van der Waals surface area (Å²) >= 11 is 0. The van der Waals surface area contributed by atoms with Crippen LogP contribution in [0.25, 0.3) is 12.2 Å². The Hall–Kier alpha value is -3.74. The fourth-order valence-corrected chi connectivity index (χ4v) is 2.67. The third-order valence-electron chi connectivity index (χ3n) is 4.13. The molecule has 2 aromatic carbocycles. The summed E-state index contributed by atoms with van der Waals surface area (Å²) in [5.41, 5.74) is 0.639. The second kappa shape index (κ2) is 8.30. The fraction of sp³-hybridized carbons (Fsp3) is 0.143. The first kappa shape index (κ1) is 19.0. The van der Waals surface area contributed by atoms with E-state index < -0.39 is 11.1 Å². The maximum atomic E-state index is 12.4. The van der Waals surface area contributed by atoms with Crippen LogP contribution in [0.2, 0.25) is 0 Å². The van der Waals surface area contributed by atoms with E-state index in [9.17, 15) is 9.59 Å². The molecule has 0 aliphatic carbocycles. The molecule has 0 spiro atoms. The van der Waals surface area contributed by atoms with Crippen LogP contribution in [0.3, 0.4) is 0 Å². The van der Waals surface area contributed by atoms with Gasteiger partial charge in [-0.05, 0) is 47.5 Å². The van der Waals surface area contributed by atoms with Crippen molar-refractivity contribution in [1.82, 2.24) is 9.97 Å². The van der Waals surface area contributed by atoms with Gasteiger partial charge < -0.3 is 24.2 Å². The first-order valence-corrected chi connectivity index (χ1v) is 8.46. The van der Waals surface area contributed by atoms with Gasteiger partial charge in [-0.2, -0.15) is 0 Å². The van der Waals surface area contributed by atoms with Crippen molar-refractivity contribution in [2.45, 2.75) is 0 Å². The Bertz CT molecular complexity index is 1210. The van der Waals surface area contributed by atoms with E-state index in [1.165, 1.54) is 7.11 Å². The van der Waals surface area contributed by atoms with Gasteiger partial charge in [0.2, 0.25) is 0 Å². The van der Waals surface area contributed by atoms with E-state index >= 15 is 0 Å². The molecule has 2 N–H and O–H groups in total. The van der Waals surface area contributed by atoms with Crippen molar-refractivity contribution < 1.29 is 14.2 Å². The number of rotatable bonds is 5. The van der Waals surface area contributed by atoms with Crippen LogP contribution in [0.4, 0.5) is 0 Å². The zero-order chi connectivity index (χ0) is 20.1. The predicted molar refractivity (Wildman–Crippen MR) is 107 cm³/mol. The Morgan fingerprint density at radius 3 is 1.75 bits per heavy atom. The van der Waals surface area contributed by atoms with Crippen molar-refractivity contribution in [3.8, 4) is 17.2 Å². The maximum Gasteiger partial charge on any atom is 0.272 e. The Labute approximate surface area is 160 Å². The largest absolute Gasteiger partial charge is 0.497 e. The van der Waals surface area contributed by atoms with Crippen molar-refractivity contribution in [3.63, 3.8) is 0 Å². The fourth-order valence-electron chi connectivity index (χ4n) is 2.67. The molecule has 3 rings (SSSR count). The molecule has 1 heterocycles. The van der Waals surface area contributed by atoms with E-state index in [0.717, 1.165) is 5.56 Å². The van der Waals surface area contributed by atoms with Gasteiger partial charge >= 0.3 is 0 Å². The summed E-state index contributed by atoms with van der Waals surface area (Å²) in [6.45, 7) is 0. The first-order chi connectivity index (χ1) is 13.5. The average molecular weight is 380 g/mol. The molecule has 0 saturated carbocycles. The summed E-state index contributed by atoms with van der Waals surface area (Å²) in [4.78, 5) is 30.0. The number of aromatic amines is 2. The van der Waals surface area contributed by atoms with Gasteiger partial charge in [0.15, 0.2) is 11.5 Å². The number of methoxy groups -OCH3 is 3. The van der Waals surface area contributed by atoms with Crippen LogP contribution in [-0.4, -0.2) is 31.3 Å². The highest BCUT2D eigenvalue weighted by Gasteiger charge is 2.04. The highest BCUT2D eigenvalue weighted by atomic mass is 16.5. The third kappa shape index (κ3) is 4.15. The van der Waals surface area contributed by atoms with Gasteiger partial charge in [0, 0.05) is 0 Å². The Balaban J connectivity index is 2.04. The predicted octanol–water partition coefficient (Wildman–Crippen LogP) is 0.747. The van der Waals surface area contributed by atoms with E-state index in [-0.39, 0.29) is 10.7 Å². The average Bonchev–Trinajstić information content (AvgIpc) is 2.72. The van der Waals surface area contributed by atoms with Gasteiger partial charge in [-0.3, -0.25) is 9.59 Å². The molecule has 0 aliphatic rings. The van der Waals surface area contributed by atoms with E-state index in [1.54, 1.807) is 68.8 Å². The topological polar surface area (TPSA) is 93.4 Å². The second-order valence-corrected chi connectivity index (χ2v) is 5.91. The SMILES string of the molecule is COc1ccc(/C=c2\[nH]c(=O)/c(=C/c3ccc(OC)c(OC)c3)[nH]c2=O)cc1. The molecule has 7 nitrogen and oxygen atoms in total. The molecule has 0 aliphatic heterocycles. The van der Waals surface area contributed by atoms with Crippen LogP contribution in [0.5, 0.6) is 17.2 Å². The van der Waals surface area contributed by atoms with Gasteiger partial charge in [0.05, 0.1) is 21.3 Å². The first-order valence-electron chi connectivity index (χ1n) is 8.46. The number of hydrogen-bond donors (Lipinski definition) is 2. The van der Waals surface area contributed by atoms with Crippen LogP contribution >= 0.6 is 0 Å². The lowest BCUT2D eigenvalue weighted by atomic mass is 10.2. The zero-order valence-electron chi connectivity index (χ0n) is 15.7. The summed E-state index contributed by atoms with van der Waals surface area (Å²) in [5.74, 6) is 1.81. The molecule has 0 bridgehead atoms. The number of hydrogen-bond acceptors (Lipinski definition) is 5. The summed E-state index contributed by atoms with van der Waals surface area (Å²) in [6.07, 6.45) is 3.17.